The van der Waals surface area contributed by atoms with Crippen LogP contribution in [0.4, 0.5) is 15.0 Å². The molecular formula is C11H15FN2O2. The molecule has 1 aromatic rings. The molecule has 0 saturated heterocycles. The summed E-state index contributed by atoms with van der Waals surface area (Å²) in [7, 11) is 0. The van der Waals surface area contributed by atoms with E-state index in [1.807, 2.05) is 0 Å². The summed E-state index contributed by atoms with van der Waals surface area (Å²) in [4.78, 5) is 15.3. The number of anilines is 1. The largest absolute Gasteiger partial charge is 0.444 e. The number of nitrogens with zero attached hydrogens (tertiary/aromatic N) is 1. The molecule has 0 aliphatic carbocycles. The summed E-state index contributed by atoms with van der Waals surface area (Å²) in [6.07, 6.45) is 0.642. The molecule has 1 rings (SSSR count). The molecule has 0 aliphatic rings. The van der Waals surface area contributed by atoms with Gasteiger partial charge in [-0.2, -0.15) is 0 Å². The van der Waals surface area contributed by atoms with Gasteiger partial charge in [-0.3, -0.25) is 5.32 Å². The highest BCUT2D eigenvalue weighted by Crippen LogP contribution is 2.15. The van der Waals surface area contributed by atoms with Crippen LogP contribution >= 0.6 is 0 Å². The van der Waals surface area contributed by atoms with Gasteiger partial charge >= 0.3 is 6.09 Å². The second kappa shape index (κ2) is 4.47. The predicted octanol–water partition coefficient (Wildman–Crippen LogP) is 2.88. The molecule has 88 valence electrons. The standard InChI is InChI=1S/C11H15FN2O2/c1-7-8(12)5-6-13-9(7)14-10(15)16-11(2,3)4/h5-6H,1-4H3,(H,13,14,15). The summed E-state index contributed by atoms with van der Waals surface area (Å²) in [5.74, 6) is -0.240. The Balaban J connectivity index is 2.74. The van der Waals surface area contributed by atoms with E-state index in [9.17, 15) is 9.18 Å². The lowest BCUT2D eigenvalue weighted by Gasteiger charge is -2.19. The fraction of sp³-hybridized carbons (Fsp3) is 0.455. The van der Waals surface area contributed by atoms with Crippen LogP contribution in [0.1, 0.15) is 26.3 Å². The van der Waals surface area contributed by atoms with Gasteiger partial charge in [-0.25, -0.2) is 14.2 Å². The Hall–Kier alpha value is -1.65. The molecule has 0 radical (unpaired) electrons. The first kappa shape index (κ1) is 12.4. The zero-order valence-electron chi connectivity index (χ0n) is 9.80. The van der Waals surface area contributed by atoms with Gasteiger partial charge in [-0.05, 0) is 33.8 Å². The average Bonchev–Trinajstić information content (AvgIpc) is 2.09. The molecular weight excluding hydrogens is 211 g/mol. The monoisotopic (exact) mass is 226 g/mol. The van der Waals surface area contributed by atoms with E-state index in [4.69, 9.17) is 4.74 Å². The Morgan fingerprint density at radius 2 is 2.12 bits per heavy atom. The van der Waals surface area contributed by atoms with Crippen molar-refractivity contribution in [1.82, 2.24) is 4.98 Å². The number of hydrogen-bond donors (Lipinski definition) is 1. The molecule has 4 nitrogen and oxygen atoms in total. The van der Waals surface area contributed by atoms with Gasteiger partial charge in [-0.1, -0.05) is 0 Å². The van der Waals surface area contributed by atoms with Gasteiger partial charge in [-0.15, -0.1) is 0 Å². The SMILES string of the molecule is Cc1c(F)ccnc1NC(=O)OC(C)(C)C. The van der Waals surface area contributed by atoms with Crippen LogP contribution in [0.2, 0.25) is 0 Å². The number of ether oxygens (including phenoxy) is 1. The third-order valence-corrected chi connectivity index (χ3v) is 1.76. The van der Waals surface area contributed by atoms with Gasteiger partial charge in [0.05, 0.1) is 0 Å². The van der Waals surface area contributed by atoms with Crippen LogP contribution in [0.25, 0.3) is 0 Å². The molecule has 0 unspecified atom stereocenters. The highest BCUT2D eigenvalue weighted by atomic mass is 19.1. The summed E-state index contributed by atoms with van der Waals surface area (Å²) < 4.78 is 18.2. The lowest BCUT2D eigenvalue weighted by Crippen LogP contribution is -2.27. The molecule has 0 spiro atoms. The van der Waals surface area contributed by atoms with Crippen molar-refractivity contribution in [2.75, 3.05) is 5.32 Å². The maximum absolute atomic E-state index is 13.1. The average molecular weight is 226 g/mol. The fourth-order valence-corrected chi connectivity index (χ4v) is 1.04. The van der Waals surface area contributed by atoms with Gasteiger partial charge in [0.1, 0.15) is 17.2 Å². The van der Waals surface area contributed by atoms with Crippen molar-refractivity contribution in [2.24, 2.45) is 0 Å². The van der Waals surface area contributed by atoms with Crippen LogP contribution in [-0.4, -0.2) is 16.7 Å². The van der Waals surface area contributed by atoms with Gasteiger partial charge in [0.25, 0.3) is 0 Å². The second-order valence-electron chi connectivity index (χ2n) is 4.39. The molecule has 0 saturated carbocycles. The molecule has 0 fully saturated rings. The smallest absolute Gasteiger partial charge is 0.413 e. The van der Waals surface area contributed by atoms with E-state index in [1.54, 1.807) is 20.8 Å². The molecule has 1 heterocycles. The van der Waals surface area contributed by atoms with Gasteiger partial charge in [0, 0.05) is 11.8 Å². The van der Waals surface area contributed by atoms with Gasteiger partial charge in [0.2, 0.25) is 0 Å². The molecule has 1 amide bonds. The molecule has 0 aromatic carbocycles. The third kappa shape index (κ3) is 3.49. The van der Waals surface area contributed by atoms with E-state index < -0.39 is 17.5 Å². The lowest BCUT2D eigenvalue weighted by molar-refractivity contribution is 0.0635. The fourth-order valence-electron chi connectivity index (χ4n) is 1.04. The summed E-state index contributed by atoms with van der Waals surface area (Å²) in [6, 6.07) is 1.23. The van der Waals surface area contributed by atoms with Crippen LogP contribution in [0.3, 0.4) is 0 Å². The van der Waals surface area contributed by atoms with E-state index in [0.717, 1.165) is 0 Å². The number of aromatic nitrogens is 1. The van der Waals surface area contributed by atoms with Crippen molar-refractivity contribution >= 4 is 11.9 Å². The highest BCUT2D eigenvalue weighted by Gasteiger charge is 2.17. The van der Waals surface area contributed by atoms with Crippen molar-refractivity contribution in [3.63, 3.8) is 0 Å². The van der Waals surface area contributed by atoms with Gasteiger partial charge in [0.15, 0.2) is 0 Å². The Morgan fingerprint density at radius 3 is 2.69 bits per heavy atom. The van der Waals surface area contributed by atoms with Crippen LogP contribution in [0.15, 0.2) is 12.3 Å². The van der Waals surface area contributed by atoms with Crippen molar-refractivity contribution in [3.05, 3.63) is 23.6 Å². The number of rotatable bonds is 1. The third-order valence-electron chi connectivity index (χ3n) is 1.76. The number of amides is 1. The molecule has 0 aliphatic heterocycles. The van der Waals surface area contributed by atoms with Crippen molar-refractivity contribution in [2.45, 2.75) is 33.3 Å². The van der Waals surface area contributed by atoms with E-state index in [1.165, 1.54) is 19.2 Å². The van der Waals surface area contributed by atoms with Crippen LogP contribution < -0.4 is 5.32 Å². The summed E-state index contributed by atoms with van der Waals surface area (Å²) in [5.41, 5.74) is -0.306. The highest BCUT2D eigenvalue weighted by molar-refractivity contribution is 5.84. The molecule has 0 atom stereocenters. The summed E-state index contributed by atoms with van der Waals surface area (Å²) >= 11 is 0. The first-order chi connectivity index (χ1) is 7.29. The number of carbonyl (C=O) groups is 1. The number of carbonyl (C=O) groups excluding carboxylic acids is 1. The van der Waals surface area contributed by atoms with Crippen molar-refractivity contribution < 1.29 is 13.9 Å². The summed E-state index contributed by atoms with van der Waals surface area (Å²) in [6.45, 7) is 6.78. The van der Waals surface area contributed by atoms with Crippen molar-refractivity contribution in [3.8, 4) is 0 Å². The van der Waals surface area contributed by atoms with Gasteiger partial charge < -0.3 is 4.74 Å². The topological polar surface area (TPSA) is 51.2 Å². The summed E-state index contributed by atoms with van der Waals surface area (Å²) in [5, 5.41) is 2.40. The molecule has 1 N–H and O–H groups in total. The van der Waals surface area contributed by atoms with E-state index in [2.05, 4.69) is 10.3 Å². The second-order valence-corrected chi connectivity index (χ2v) is 4.39. The Morgan fingerprint density at radius 1 is 1.50 bits per heavy atom. The minimum Gasteiger partial charge on any atom is -0.444 e. The first-order valence-corrected chi connectivity index (χ1v) is 4.91. The number of pyridine rings is 1. The zero-order valence-corrected chi connectivity index (χ0v) is 9.80. The maximum atomic E-state index is 13.1. The molecule has 5 heteroatoms. The lowest BCUT2D eigenvalue weighted by atomic mass is 10.2. The molecule has 0 bridgehead atoms. The maximum Gasteiger partial charge on any atom is 0.413 e. The number of nitrogens with one attached hydrogen (secondary N) is 1. The van der Waals surface area contributed by atoms with E-state index in [0.29, 0.717) is 0 Å². The Labute approximate surface area is 93.8 Å². The first-order valence-electron chi connectivity index (χ1n) is 4.91. The quantitative estimate of drug-likeness (QED) is 0.801. The zero-order chi connectivity index (χ0) is 12.3. The van der Waals surface area contributed by atoms with Crippen LogP contribution in [0.5, 0.6) is 0 Å². The Kier molecular flexibility index (Phi) is 3.47. The number of hydrogen-bond acceptors (Lipinski definition) is 3. The van der Waals surface area contributed by atoms with Crippen LogP contribution in [0, 0.1) is 12.7 Å². The van der Waals surface area contributed by atoms with E-state index in [-0.39, 0.29) is 11.4 Å². The van der Waals surface area contributed by atoms with Crippen LogP contribution in [-0.2, 0) is 4.74 Å². The predicted molar refractivity (Wildman–Crippen MR) is 58.8 cm³/mol. The van der Waals surface area contributed by atoms with E-state index >= 15 is 0 Å². The molecule has 16 heavy (non-hydrogen) atoms. The Bertz CT molecular complexity index is 399. The minimum atomic E-state index is -0.645. The number of halogens is 1. The van der Waals surface area contributed by atoms with Crippen molar-refractivity contribution in [1.29, 1.82) is 0 Å². The normalized spacial score (nSPS) is 11.1. The minimum absolute atomic E-state index is 0.175. The molecule has 1 aromatic heterocycles.